The molecule has 0 heterocycles. The molecule has 0 aliphatic heterocycles. The summed E-state index contributed by atoms with van der Waals surface area (Å²) < 4.78 is 0. The Kier molecular flexibility index (Phi) is 6.45. The van der Waals surface area contributed by atoms with E-state index in [-0.39, 0.29) is 6.04 Å². The highest BCUT2D eigenvalue weighted by molar-refractivity contribution is 4.82. The van der Waals surface area contributed by atoms with Crippen molar-refractivity contribution in [2.45, 2.75) is 77.0 Å². The highest BCUT2D eigenvalue weighted by atomic mass is 16.3. The van der Waals surface area contributed by atoms with Crippen molar-refractivity contribution >= 4 is 0 Å². The van der Waals surface area contributed by atoms with Crippen LogP contribution in [0.2, 0.25) is 0 Å². The number of nitrogens with two attached hydrogens (primary N) is 1. The van der Waals surface area contributed by atoms with E-state index in [0.717, 1.165) is 6.42 Å². The molecule has 0 aromatic rings. The molecule has 0 amide bonds. The Balaban J connectivity index is 2.31. The molecule has 102 valence electrons. The molecule has 0 bridgehead atoms. The topological polar surface area (TPSA) is 66.5 Å². The molecular weight excluding hydrogens is 214 g/mol. The summed E-state index contributed by atoms with van der Waals surface area (Å²) in [5, 5.41) is 19.8. The third kappa shape index (κ3) is 5.36. The number of hydrogen-bond acceptors (Lipinski definition) is 3. The highest BCUT2D eigenvalue weighted by Gasteiger charge is 2.26. The molecule has 0 aromatic carbocycles. The number of aliphatic hydroxyl groups is 2. The molecule has 17 heavy (non-hydrogen) atoms. The normalized spacial score (nSPS) is 23.6. The van der Waals surface area contributed by atoms with Crippen LogP contribution in [0.5, 0.6) is 0 Å². The van der Waals surface area contributed by atoms with Gasteiger partial charge in [-0.25, -0.2) is 0 Å². The van der Waals surface area contributed by atoms with Gasteiger partial charge >= 0.3 is 0 Å². The molecule has 0 aromatic heterocycles. The van der Waals surface area contributed by atoms with E-state index in [4.69, 9.17) is 5.73 Å². The molecule has 1 aliphatic rings. The van der Waals surface area contributed by atoms with Gasteiger partial charge in [0.25, 0.3) is 0 Å². The Morgan fingerprint density at radius 2 is 1.71 bits per heavy atom. The van der Waals surface area contributed by atoms with Crippen molar-refractivity contribution in [3.05, 3.63) is 0 Å². The highest BCUT2D eigenvalue weighted by Crippen LogP contribution is 2.28. The van der Waals surface area contributed by atoms with Crippen molar-refractivity contribution < 1.29 is 10.2 Å². The van der Waals surface area contributed by atoms with Gasteiger partial charge in [0.15, 0.2) is 0 Å². The van der Waals surface area contributed by atoms with Crippen LogP contribution in [-0.4, -0.2) is 28.5 Å². The van der Waals surface area contributed by atoms with E-state index in [2.05, 4.69) is 0 Å². The van der Waals surface area contributed by atoms with Crippen LogP contribution < -0.4 is 5.73 Å². The average molecular weight is 243 g/mol. The lowest BCUT2D eigenvalue weighted by Gasteiger charge is -2.29. The Labute approximate surface area is 105 Å². The monoisotopic (exact) mass is 243 g/mol. The third-order valence-electron chi connectivity index (χ3n) is 3.88. The first-order valence-corrected chi connectivity index (χ1v) is 7.12. The lowest BCUT2D eigenvalue weighted by Crippen LogP contribution is -2.44. The number of aliphatic hydroxyl groups excluding tert-OH is 2. The zero-order valence-corrected chi connectivity index (χ0v) is 11.3. The fourth-order valence-electron chi connectivity index (χ4n) is 2.85. The van der Waals surface area contributed by atoms with Gasteiger partial charge in [0.2, 0.25) is 0 Å². The Bertz CT molecular complexity index is 202. The lowest BCUT2D eigenvalue weighted by molar-refractivity contribution is -0.0117. The Morgan fingerprint density at radius 1 is 1.12 bits per heavy atom. The second kappa shape index (κ2) is 7.34. The fraction of sp³-hybridized carbons (Fsp3) is 1.00. The summed E-state index contributed by atoms with van der Waals surface area (Å²) >= 11 is 0. The van der Waals surface area contributed by atoms with Crippen LogP contribution in [0, 0.1) is 11.8 Å². The quantitative estimate of drug-likeness (QED) is 0.669. The van der Waals surface area contributed by atoms with Crippen molar-refractivity contribution in [1.29, 1.82) is 0 Å². The summed E-state index contributed by atoms with van der Waals surface area (Å²) in [6.45, 7) is 4.09. The van der Waals surface area contributed by atoms with E-state index in [1.807, 2.05) is 13.8 Å². The summed E-state index contributed by atoms with van der Waals surface area (Å²) in [5.74, 6) is 1.04. The first-order chi connectivity index (χ1) is 8.00. The van der Waals surface area contributed by atoms with Crippen LogP contribution in [0.1, 0.15) is 58.8 Å². The predicted octanol–water partition coefficient (Wildman–Crippen LogP) is 2.05. The van der Waals surface area contributed by atoms with Gasteiger partial charge in [-0.15, -0.1) is 0 Å². The Hall–Kier alpha value is -0.120. The molecular formula is C14H29NO2. The zero-order valence-electron chi connectivity index (χ0n) is 11.3. The molecule has 1 rings (SSSR count). The minimum Gasteiger partial charge on any atom is -0.390 e. The van der Waals surface area contributed by atoms with Crippen LogP contribution >= 0.6 is 0 Å². The molecule has 0 saturated heterocycles. The second-order valence-corrected chi connectivity index (χ2v) is 6.09. The first-order valence-electron chi connectivity index (χ1n) is 7.12. The molecule has 1 saturated carbocycles. The third-order valence-corrected chi connectivity index (χ3v) is 3.88. The van der Waals surface area contributed by atoms with Gasteiger partial charge in [0, 0.05) is 6.04 Å². The maximum absolute atomic E-state index is 9.99. The fourth-order valence-corrected chi connectivity index (χ4v) is 2.85. The van der Waals surface area contributed by atoms with Gasteiger partial charge in [-0.3, -0.25) is 0 Å². The van der Waals surface area contributed by atoms with Gasteiger partial charge < -0.3 is 15.9 Å². The predicted molar refractivity (Wildman–Crippen MR) is 70.6 cm³/mol. The zero-order chi connectivity index (χ0) is 12.8. The van der Waals surface area contributed by atoms with Crippen molar-refractivity contribution in [2.24, 2.45) is 17.6 Å². The van der Waals surface area contributed by atoms with E-state index >= 15 is 0 Å². The maximum atomic E-state index is 9.99. The standard InChI is InChI=1S/C14H29NO2/c1-10(2)8-13(16)14(17)12(15)9-11-6-4-3-5-7-11/h10-14,16-17H,3-9,15H2,1-2H3/t12-,13+,14-/m0/s1. The summed E-state index contributed by atoms with van der Waals surface area (Å²) in [6, 6.07) is -0.271. The van der Waals surface area contributed by atoms with E-state index in [1.165, 1.54) is 32.1 Å². The van der Waals surface area contributed by atoms with Crippen LogP contribution in [0.3, 0.4) is 0 Å². The van der Waals surface area contributed by atoms with Gasteiger partial charge in [-0.1, -0.05) is 46.0 Å². The minimum atomic E-state index is -0.765. The van der Waals surface area contributed by atoms with Crippen LogP contribution in [0.15, 0.2) is 0 Å². The molecule has 1 aliphatic carbocycles. The number of rotatable bonds is 6. The minimum absolute atomic E-state index is 0.271. The molecule has 3 atom stereocenters. The van der Waals surface area contributed by atoms with Crippen LogP contribution in [0.4, 0.5) is 0 Å². The van der Waals surface area contributed by atoms with Gasteiger partial charge in [0.1, 0.15) is 0 Å². The largest absolute Gasteiger partial charge is 0.390 e. The van der Waals surface area contributed by atoms with Crippen molar-refractivity contribution in [3.63, 3.8) is 0 Å². The summed E-state index contributed by atoms with van der Waals surface area (Å²) in [7, 11) is 0. The van der Waals surface area contributed by atoms with Gasteiger partial charge in [0.05, 0.1) is 12.2 Å². The van der Waals surface area contributed by atoms with Gasteiger partial charge in [-0.2, -0.15) is 0 Å². The summed E-state index contributed by atoms with van der Waals surface area (Å²) in [6.07, 6.45) is 6.44. The molecule has 4 N–H and O–H groups in total. The van der Waals surface area contributed by atoms with E-state index in [0.29, 0.717) is 18.3 Å². The summed E-state index contributed by atoms with van der Waals surface area (Å²) in [4.78, 5) is 0. The second-order valence-electron chi connectivity index (χ2n) is 6.09. The molecule has 1 fully saturated rings. The molecule has 3 nitrogen and oxygen atoms in total. The Morgan fingerprint density at radius 3 is 2.24 bits per heavy atom. The van der Waals surface area contributed by atoms with Crippen molar-refractivity contribution in [1.82, 2.24) is 0 Å². The lowest BCUT2D eigenvalue weighted by atomic mass is 9.83. The SMILES string of the molecule is CC(C)C[C@@H](O)[C@@H](O)[C@@H](N)CC1CCCCC1. The average Bonchev–Trinajstić information content (AvgIpc) is 2.28. The maximum Gasteiger partial charge on any atom is 0.0949 e. The smallest absolute Gasteiger partial charge is 0.0949 e. The van der Waals surface area contributed by atoms with E-state index in [9.17, 15) is 10.2 Å². The van der Waals surface area contributed by atoms with Crippen LogP contribution in [0.25, 0.3) is 0 Å². The van der Waals surface area contributed by atoms with E-state index < -0.39 is 12.2 Å². The van der Waals surface area contributed by atoms with Crippen molar-refractivity contribution in [2.75, 3.05) is 0 Å². The molecule has 3 heteroatoms. The molecule has 0 unspecified atom stereocenters. The number of hydrogen-bond donors (Lipinski definition) is 3. The molecule has 0 radical (unpaired) electrons. The first kappa shape index (κ1) is 14.9. The summed E-state index contributed by atoms with van der Waals surface area (Å²) in [5.41, 5.74) is 6.01. The van der Waals surface area contributed by atoms with Crippen molar-refractivity contribution in [3.8, 4) is 0 Å². The van der Waals surface area contributed by atoms with Gasteiger partial charge in [-0.05, 0) is 24.7 Å². The van der Waals surface area contributed by atoms with Crippen LogP contribution in [-0.2, 0) is 0 Å². The molecule has 0 spiro atoms. The van der Waals surface area contributed by atoms with E-state index in [1.54, 1.807) is 0 Å².